The number of hydrogen-bond acceptors (Lipinski definition) is 3. The van der Waals surface area contributed by atoms with Crippen LogP contribution >= 0.6 is 0 Å². The van der Waals surface area contributed by atoms with Crippen LogP contribution in [-0.4, -0.2) is 24.0 Å². The minimum absolute atomic E-state index is 0.0300. The molecule has 1 aliphatic heterocycles. The van der Waals surface area contributed by atoms with E-state index in [4.69, 9.17) is 4.84 Å². The Balaban J connectivity index is 0.970. The molecule has 0 spiro atoms. The van der Waals surface area contributed by atoms with Gasteiger partial charge in [-0.3, -0.25) is 4.79 Å². The standard InChI is InChI=1S/C34H43FN2O2/c1-22(2)32(25-15-16-31(35)30(20-25)29-21-26(29)19-23-13-14-23)36-39-18-7-3-6-17-37-33(24-9-8-10-24)27-11-4-5-12-28(27)34(37)38/h4-5,11-12,15-16,20,22-23,26,29,32,36H,3,6-10,13-14,17-19,21H2,1-2H3. The second kappa shape index (κ2) is 11.5. The van der Waals surface area contributed by atoms with Crippen LogP contribution in [0.4, 0.5) is 4.39 Å². The summed E-state index contributed by atoms with van der Waals surface area (Å²) in [4.78, 5) is 21.0. The maximum absolute atomic E-state index is 14.7. The van der Waals surface area contributed by atoms with Crippen LogP contribution in [0.2, 0.25) is 0 Å². The number of nitrogens with zero attached hydrogens (tertiary/aromatic N) is 1. The molecule has 6 rings (SSSR count). The average Bonchev–Trinajstić information content (AvgIpc) is 3.83. The molecule has 5 heteroatoms. The molecule has 3 aliphatic carbocycles. The van der Waals surface area contributed by atoms with Crippen molar-refractivity contribution in [3.05, 3.63) is 76.1 Å². The molecular weight excluding hydrogens is 487 g/mol. The molecule has 3 saturated carbocycles. The van der Waals surface area contributed by atoms with E-state index < -0.39 is 0 Å². The Morgan fingerprint density at radius 2 is 1.85 bits per heavy atom. The molecule has 39 heavy (non-hydrogen) atoms. The molecule has 0 saturated heterocycles. The third kappa shape index (κ3) is 5.85. The number of carbonyl (C=O) groups is 1. The maximum atomic E-state index is 14.7. The topological polar surface area (TPSA) is 41.6 Å². The van der Waals surface area contributed by atoms with Crippen LogP contribution in [0.3, 0.4) is 0 Å². The number of carbonyl (C=O) groups excluding carboxylic acids is 1. The Labute approximate surface area is 233 Å². The molecule has 4 aliphatic rings. The molecule has 0 aromatic heterocycles. The largest absolute Gasteiger partial charge is 0.308 e. The Hall–Kier alpha value is -2.50. The first-order chi connectivity index (χ1) is 19.0. The van der Waals surface area contributed by atoms with Gasteiger partial charge in [-0.05, 0) is 104 Å². The van der Waals surface area contributed by atoms with Gasteiger partial charge in [-0.2, -0.15) is 5.48 Å². The number of allylic oxidation sites excluding steroid dienone is 1. The lowest BCUT2D eigenvalue weighted by Crippen LogP contribution is -2.27. The number of benzene rings is 2. The number of nitrogens with one attached hydrogen (secondary N) is 1. The summed E-state index contributed by atoms with van der Waals surface area (Å²) < 4.78 is 14.7. The fourth-order valence-electron chi connectivity index (χ4n) is 6.52. The van der Waals surface area contributed by atoms with Crippen molar-refractivity contribution in [2.75, 3.05) is 13.2 Å². The van der Waals surface area contributed by atoms with E-state index in [1.165, 1.54) is 37.0 Å². The van der Waals surface area contributed by atoms with Crippen molar-refractivity contribution < 1.29 is 14.0 Å². The maximum Gasteiger partial charge on any atom is 0.258 e. The minimum atomic E-state index is -0.0545. The SMILES string of the molecule is CC(C)C(NOCCCCCN1C(=O)c2ccccc2C1=C1CCC1)c1ccc(F)c(C2CC2CC2CC2)c1. The molecule has 1 heterocycles. The molecule has 2 aromatic carbocycles. The monoisotopic (exact) mass is 530 g/mol. The van der Waals surface area contributed by atoms with Gasteiger partial charge in [0.05, 0.1) is 18.3 Å². The van der Waals surface area contributed by atoms with E-state index in [9.17, 15) is 9.18 Å². The van der Waals surface area contributed by atoms with E-state index in [0.717, 1.165) is 73.2 Å². The summed E-state index contributed by atoms with van der Waals surface area (Å²) in [5.41, 5.74) is 9.89. The third-order valence-corrected chi connectivity index (χ3v) is 9.26. The van der Waals surface area contributed by atoms with E-state index in [1.54, 1.807) is 6.07 Å². The molecule has 3 unspecified atom stereocenters. The van der Waals surface area contributed by atoms with E-state index >= 15 is 0 Å². The summed E-state index contributed by atoms with van der Waals surface area (Å²) in [6.07, 6.45) is 11.5. The lowest BCUT2D eigenvalue weighted by atomic mass is 9.88. The van der Waals surface area contributed by atoms with Gasteiger partial charge < -0.3 is 9.74 Å². The van der Waals surface area contributed by atoms with Gasteiger partial charge in [-0.15, -0.1) is 0 Å². The number of fused-ring (bicyclic) bond motifs is 1. The Morgan fingerprint density at radius 3 is 2.56 bits per heavy atom. The van der Waals surface area contributed by atoms with Crippen molar-refractivity contribution in [3.63, 3.8) is 0 Å². The lowest BCUT2D eigenvalue weighted by Gasteiger charge is -2.26. The predicted octanol–water partition coefficient (Wildman–Crippen LogP) is 8.17. The summed E-state index contributed by atoms with van der Waals surface area (Å²) >= 11 is 0. The number of hydrogen-bond donors (Lipinski definition) is 1. The number of amides is 1. The van der Waals surface area contributed by atoms with Crippen LogP contribution in [-0.2, 0) is 4.84 Å². The predicted molar refractivity (Wildman–Crippen MR) is 153 cm³/mol. The fraction of sp³-hybridized carbons (Fsp3) is 0.559. The number of unbranched alkanes of at least 4 members (excludes halogenated alkanes) is 2. The van der Waals surface area contributed by atoms with E-state index in [0.29, 0.717) is 24.4 Å². The van der Waals surface area contributed by atoms with Crippen LogP contribution in [0, 0.1) is 23.6 Å². The van der Waals surface area contributed by atoms with Crippen LogP contribution in [0.5, 0.6) is 0 Å². The molecule has 4 nitrogen and oxygen atoms in total. The van der Waals surface area contributed by atoms with E-state index in [-0.39, 0.29) is 17.8 Å². The number of rotatable bonds is 13. The smallest absolute Gasteiger partial charge is 0.258 e. The highest BCUT2D eigenvalue weighted by atomic mass is 19.1. The van der Waals surface area contributed by atoms with Gasteiger partial charge in [-0.1, -0.05) is 57.0 Å². The molecule has 2 aromatic rings. The van der Waals surface area contributed by atoms with Crippen molar-refractivity contribution in [3.8, 4) is 0 Å². The molecule has 3 atom stereocenters. The summed E-state index contributed by atoms with van der Waals surface area (Å²) in [7, 11) is 0. The highest BCUT2D eigenvalue weighted by Gasteiger charge is 2.43. The van der Waals surface area contributed by atoms with Gasteiger partial charge in [0.1, 0.15) is 5.82 Å². The zero-order chi connectivity index (χ0) is 26.9. The number of halogens is 1. The zero-order valence-electron chi connectivity index (χ0n) is 23.6. The van der Waals surface area contributed by atoms with Crippen LogP contribution < -0.4 is 5.48 Å². The van der Waals surface area contributed by atoms with Crippen molar-refractivity contribution in [2.45, 2.75) is 90.0 Å². The highest BCUT2D eigenvalue weighted by molar-refractivity contribution is 6.09. The molecular formula is C34H43FN2O2. The average molecular weight is 531 g/mol. The second-order valence-corrected chi connectivity index (χ2v) is 12.6. The highest BCUT2D eigenvalue weighted by Crippen LogP contribution is 2.55. The lowest BCUT2D eigenvalue weighted by molar-refractivity contribution is 0.00202. The molecule has 3 fully saturated rings. The Kier molecular flexibility index (Phi) is 7.91. The van der Waals surface area contributed by atoms with E-state index in [1.807, 2.05) is 29.2 Å². The fourth-order valence-corrected chi connectivity index (χ4v) is 6.52. The van der Waals surface area contributed by atoms with Gasteiger partial charge in [0, 0.05) is 17.7 Å². The van der Waals surface area contributed by atoms with Crippen LogP contribution in [0.1, 0.15) is 117 Å². The van der Waals surface area contributed by atoms with Gasteiger partial charge in [0.2, 0.25) is 0 Å². The first-order valence-corrected chi connectivity index (χ1v) is 15.3. The molecule has 1 amide bonds. The molecule has 0 radical (unpaired) electrons. The van der Waals surface area contributed by atoms with Crippen LogP contribution in [0.25, 0.3) is 5.70 Å². The van der Waals surface area contributed by atoms with Crippen molar-refractivity contribution in [1.82, 2.24) is 10.4 Å². The molecule has 0 bridgehead atoms. The summed E-state index contributed by atoms with van der Waals surface area (Å²) in [5.74, 6) is 2.40. The van der Waals surface area contributed by atoms with E-state index in [2.05, 4.69) is 31.5 Å². The Morgan fingerprint density at radius 1 is 1.05 bits per heavy atom. The Bertz CT molecular complexity index is 1230. The quantitative estimate of drug-likeness (QED) is 0.210. The van der Waals surface area contributed by atoms with Gasteiger partial charge in [-0.25, -0.2) is 4.39 Å². The first-order valence-electron chi connectivity index (χ1n) is 15.3. The molecule has 1 N–H and O–H groups in total. The minimum Gasteiger partial charge on any atom is -0.308 e. The zero-order valence-corrected chi connectivity index (χ0v) is 23.6. The normalized spacial score (nSPS) is 22.9. The summed E-state index contributed by atoms with van der Waals surface area (Å²) in [6, 6.07) is 13.7. The van der Waals surface area contributed by atoms with Crippen molar-refractivity contribution in [1.29, 1.82) is 0 Å². The van der Waals surface area contributed by atoms with Gasteiger partial charge in [0.15, 0.2) is 0 Å². The number of hydroxylamine groups is 1. The van der Waals surface area contributed by atoms with Crippen molar-refractivity contribution in [2.24, 2.45) is 17.8 Å². The van der Waals surface area contributed by atoms with Crippen LogP contribution in [0.15, 0.2) is 48.0 Å². The van der Waals surface area contributed by atoms with Gasteiger partial charge in [0.25, 0.3) is 5.91 Å². The second-order valence-electron chi connectivity index (χ2n) is 12.6. The van der Waals surface area contributed by atoms with Gasteiger partial charge >= 0.3 is 0 Å². The van der Waals surface area contributed by atoms with Crippen molar-refractivity contribution >= 4 is 11.6 Å². The summed E-state index contributed by atoms with van der Waals surface area (Å²) in [6.45, 7) is 5.73. The first kappa shape index (κ1) is 26.7. The summed E-state index contributed by atoms with van der Waals surface area (Å²) in [5, 5.41) is 0. The molecule has 208 valence electrons. The third-order valence-electron chi connectivity index (χ3n) is 9.26.